The molecule has 1 N–H and O–H groups in total. The van der Waals surface area contributed by atoms with E-state index >= 15 is 0 Å². The van der Waals surface area contributed by atoms with Crippen LogP contribution in [0.4, 0.5) is 5.13 Å². The van der Waals surface area contributed by atoms with E-state index in [0.29, 0.717) is 13.1 Å². The minimum atomic E-state index is -0.00797. The number of anilines is 1. The summed E-state index contributed by atoms with van der Waals surface area (Å²) in [6.45, 7) is 2.26. The van der Waals surface area contributed by atoms with Gasteiger partial charge in [-0.1, -0.05) is 29.5 Å². The molecule has 0 aliphatic carbocycles. The Labute approximate surface area is 168 Å². The van der Waals surface area contributed by atoms with E-state index in [-0.39, 0.29) is 11.8 Å². The molecule has 1 aromatic carbocycles. The second-order valence-electron chi connectivity index (χ2n) is 6.96. The second kappa shape index (κ2) is 8.56. The molecule has 7 heteroatoms. The maximum absolute atomic E-state index is 12.7. The maximum Gasteiger partial charge on any atom is 0.224 e. The average Bonchev–Trinajstić information content (AvgIpc) is 3.18. The molecule has 28 heavy (non-hydrogen) atoms. The zero-order chi connectivity index (χ0) is 19.3. The molecule has 0 saturated carbocycles. The number of amides is 1. The summed E-state index contributed by atoms with van der Waals surface area (Å²) in [5.41, 5.74) is 2.03. The Balaban J connectivity index is 1.34. The molecule has 0 unspecified atom stereocenters. The van der Waals surface area contributed by atoms with Crippen molar-refractivity contribution in [2.24, 2.45) is 5.92 Å². The van der Waals surface area contributed by atoms with Gasteiger partial charge in [0.05, 0.1) is 13.0 Å². The van der Waals surface area contributed by atoms with Gasteiger partial charge in [-0.05, 0) is 43.0 Å². The summed E-state index contributed by atoms with van der Waals surface area (Å²) in [7, 11) is 1.67. The SMILES string of the molecule is COc1ccccc1CCNC(=O)[C@H]1CCCN(c2nc3cccnc3s2)C1. The fourth-order valence-corrected chi connectivity index (χ4v) is 4.58. The van der Waals surface area contributed by atoms with Crippen LogP contribution in [0.25, 0.3) is 10.3 Å². The first kappa shape index (κ1) is 18.7. The molecular formula is C21H24N4O2S. The Morgan fingerprint density at radius 1 is 1.32 bits per heavy atom. The summed E-state index contributed by atoms with van der Waals surface area (Å²) in [5.74, 6) is 0.982. The van der Waals surface area contributed by atoms with Crippen molar-refractivity contribution in [2.75, 3.05) is 31.6 Å². The Morgan fingerprint density at radius 3 is 3.07 bits per heavy atom. The van der Waals surface area contributed by atoms with Gasteiger partial charge in [0, 0.05) is 25.8 Å². The van der Waals surface area contributed by atoms with Crippen LogP contribution in [0.15, 0.2) is 42.6 Å². The Bertz CT molecular complexity index is 925. The first-order valence-corrected chi connectivity index (χ1v) is 10.4. The number of nitrogens with zero attached hydrogens (tertiary/aromatic N) is 3. The highest BCUT2D eigenvalue weighted by Crippen LogP contribution is 2.30. The number of thiazole rings is 1. The van der Waals surface area contributed by atoms with Crippen LogP contribution in [0.5, 0.6) is 5.75 Å². The molecule has 1 fully saturated rings. The summed E-state index contributed by atoms with van der Waals surface area (Å²) in [6, 6.07) is 11.8. The number of hydrogen-bond acceptors (Lipinski definition) is 6. The lowest BCUT2D eigenvalue weighted by molar-refractivity contribution is -0.125. The van der Waals surface area contributed by atoms with Crippen LogP contribution in [0.3, 0.4) is 0 Å². The largest absolute Gasteiger partial charge is 0.496 e. The van der Waals surface area contributed by atoms with Gasteiger partial charge in [-0.15, -0.1) is 0 Å². The van der Waals surface area contributed by atoms with Crippen molar-refractivity contribution >= 4 is 32.7 Å². The number of methoxy groups -OCH3 is 1. The third-order valence-electron chi connectivity index (χ3n) is 5.10. The monoisotopic (exact) mass is 396 g/mol. The van der Waals surface area contributed by atoms with E-state index in [9.17, 15) is 4.79 Å². The lowest BCUT2D eigenvalue weighted by atomic mass is 9.97. The van der Waals surface area contributed by atoms with Crippen molar-refractivity contribution in [3.8, 4) is 5.75 Å². The predicted molar refractivity (Wildman–Crippen MR) is 112 cm³/mol. The highest BCUT2D eigenvalue weighted by Gasteiger charge is 2.27. The number of hydrogen-bond donors (Lipinski definition) is 1. The Kier molecular flexibility index (Phi) is 5.71. The van der Waals surface area contributed by atoms with E-state index in [1.807, 2.05) is 36.4 Å². The van der Waals surface area contributed by atoms with Crippen LogP contribution in [0.2, 0.25) is 0 Å². The molecule has 0 spiro atoms. The van der Waals surface area contributed by atoms with Crippen molar-refractivity contribution in [1.82, 2.24) is 15.3 Å². The van der Waals surface area contributed by atoms with Gasteiger partial charge in [-0.3, -0.25) is 4.79 Å². The summed E-state index contributed by atoms with van der Waals surface area (Å²) in [5, 5.41) is 4.06. The molecule has 6 nitrogen and oxygen atoms in total. The second-order valence-corrected chi connectivity index (χ2v) is 7.92. The first-order valence-electron chi connectivity index (χ1n) is 9.60. The number of carbonyl (C=O) groups is 1. The Morgan fingerprint density at radius 2 is 2.21 bits per heavy atom. The molecule has 2 aromatic heterocycles. The molecular weight excluding hydrogens is 372 g/mol. The number of ether oxygens (including phenoxy) is 1. The third kappa shape index (κ3) is 4.09. The summed E-state index contributed by atoms with van der Waals surface area (Å²) in [6.07, 6.45) is 4.46. The van der Waals surface area contributed by atoms with Crippen molar-refractivity contribution < 1.29 is 9.53 Å². The molecule has 4 rings (SSSR count). The van der Waals surface area contributed by atoms with Crippen LogP contribution in [-0.2, 0) is 11.2 Å². The number of nitrogens with one attached hydrogen (secondary N) is 1. The molecule has 1 aliphatic heterocycles. The smallest absolute Gasteiger partial charge is 0.224 e. The van der Waals surface area contributed by atoms with E-state index in [4.69, 9.17) is 4.74 Å². The van der Waals surface area contributed by atoms with Gasteiger partial charge in [0.2, 0.25) is 5.91 Å². The van der Waals surface area contributed by atoms with Crippen molar-refractivity contribution in [3.63, 3.8) is 0 Å². The van der Waals surface area contributed by atoms with Crippen LogP contribution in [0.1, 0.15) is 18.4 Å². The van der Waals surface area contributed by atoms with E-state index < -0.39 is 0 Å². The zero-order valence-electron chi connectivity index (χ0n) is 15.9. The van der Waals surface area contributed by atoms with Gasteiger partial charge < -0.3 is 15.0 Å². The predicted octanol–water partition coefficient (Wildman–Crippen LogP) is 3.28. The summed E-state index contributed by atoms with van der Waals surface area (Å²) >= 11 is 1.59. The minimum absolute atomic E-state index is 0.00797. The number of pyridine rings is 1. The molecule has 3 aromatic rings. The highest BCUT2D eigenvalue weighted by molar-refractivity contribution is 7.21. The van der Waals surface area contributed by atoms with Gasteiger partial charge in [-0.25, -0.2) is 9.97 Å². The maximum atomic E-state index is 12.7. The number of para-hydroxylation sites is 1. The van der Waals surface area contributed by atoms with Gasteiger partial charge in [0.25, 0.3) is 0 Å². The topological polar surface area (TPSA) is 67.3 Å². The van der Waals surface area contributed by atoms with E-state index in [2.05, 4.69) is 20.2 Å². The first-order chi connectivity index (χ1) is 13.7. The van der Waals surface area contributed by atoms with Crippen LogP contribution in [0, 0.1) is 5.92 Å². The normalized spacial score (nSPS) is 16.9. The van der Waals surface area contributed by atoms with Crippen molar-refractivity contribution in [3.05, 3.63) is 48.2 Å². The van der Waals surface area contributed by atoms with Crippen LogP contribution in [-0.4, -0.2) is 42.6 Å². The van der Waals surface area contributed by atoms with Gasteiger partial charge in [0.15, 0.2) is 5.13 Å². The van der Waals surface area contributed by atoms with Gasteiger partial charge >= 0.3 is 0 Å². The fraction of sp³-hybridized carbons (Fsp3) is 0.381. The molecule has 146 valence electrons. The van der Waals surface area contributed by atoms with E-state index in [1.165, 1.54) is 0 Å². The van der Waals surface area contributed by atoms with E-state index in [1.54, 1.807) is 24.6 Å². The lowest BCUT2D eigenvalue weighted by Crippen LogP contribution is -2.43. The standard InChI is InChI=1S/C21H24N4O2S/c1-27-18-9-3-2-6-15(18)10-12-22-19(26)16-7-5-13-25(14-16)21-24-17-8-4-11-23-20(17)28-21/h2-4,6,8-9,11,16H,5,7,10,12-14H2,1H3,(H,22,26)/t16-/m0/s1. The summed E-state index contributed by atoms with van der Waals surface area (Å²) < 4.78 is 5.38. The number of piperidine rings is 1. The number of carbonyl (C=O) groups excluding carboxylic acids is 1. The minimum Gasteiger partial charge on any atom is -0.496 e. The van der Waals surface area contributed by atoms with Gasteiger partial charge in [0.1, 0.15) is 16.1 Å². The quantitative estimate of drug-likeness (QED) is 0.693. The molecule has 1 aliphatic rings. The van der Waals surface area contributed by atoms with Crippen molar-refractivity contribution in [2.45, 2.75) is 19.3 Å². The fourth-order valence-electron chi connectivity index (χ4n) is 3.63. The number of fused-ring (bicyclic) bond motifs is 1. The van der Waals surface area contributed by atoms with Crippen LogP contribution >= 0.6 is 11.3 Å². The molecule has 1 amide bonds. The number of rotatable bonds is 6. The molecule has 1 atom stereocenters. The zero-order valence-corrected chi connectivity index (χ0v) is 16.7. The Hall–Kier alpha value is -2.67. The number of aromatic nitrogens is 2. The van der Waals surface area contributed by atoms with E-state index in [0.717, 1.165) is 52.6 Å². The highest BCUT2D eigenvalue weighted by atomic mass is 32.1. The summed E-state index contributed by atoms with van der Waals surface area (Å²) in [4.78, 5) is 24.9. The van der Waals surface area contributed by atoms with Gasteiger partial charge in [-0.2, -0.15) is 0 Å². The average molecular weight is 397 g/mol. The molecule has 1 saturated heterocycles. The van der Waals surface area contributed by atoms with Crippen LogP contribution < -0.4 is 15.0 Å². The number of benzene rings is 1. The molecule has 0 bridgehead atoms. The molecule has 3 heterocycles. The van der Waals surface area contributed by atoms with Crippen molar-refractivity contribution in [1.29, 1.82) is 0 Å². The third-order valence-corrected chi connectivity index (χ3v) is 6.14. The lowest BCUT2D eigenvalue weighted by Gasteiger charge is -2.31. The molecule has 0 radical (unpaired) electrons.